The minimum absolute atomic E-state index is 0.0106. The molecule has 1 aliphatic rings. The zero-order valence-corrected chi connectivity index (χ0v) is 12.1. The molecule has 2 N–H and O–H groups in total. The van der Waals surface area contributed by atoms with Crippen molar-refractivity contribution in [2.45, 2.75) is 32.0 Å². The Labute approximate surface area is 122 Å². The van der Waals surface area contributed by atoms with E-state index in [0.717, 1.165) is 6.42 Å². The predicted molar refractivity (Wildman–Crippen MR) is 76.4 cm³/mol. The van der Waals surface area contributed by atoms with Gasteiger partial charge < -0.3 is 15.4 Å². The molecule has 1 aromatic rings. The summed E-state index contributed by atoms with van der Waals surface area (Å²) in [5.41, 5.74) is 5.71. The molecule has 0 aromatic heterocycles. The quantitative estimate of drug-likeness (QED) is 0.929. The van der Waals surface area contributed by atoms with Crippen LogP contribution in [-0.2, 0) is 17.3 Å². The lowest BCUT2D eigenvalue weighted by molar-refractivity contribution is -0.137. The molecule has 0 saturated carbocycles. The molecule has 6 heteroatoms. The molecule has 1 aliphatic heterocycles. The molecule has 3 nitrogen and oxygen atoms in total. The van der Waals surface area contributed by atoms with Crippen molar-refractivity contribution in [3.63, 3.8) is 0 Å². The van der Waals surface area contributed by atoms with E-state index >= 15 is 0 Å². The van der Waals surface area contributed by atoms with Crippen LogP contribution in [0.3, 0.4) is 0 Å². The summed E-state index contributed by atoms with van der Waals surface area (Å²) in [6.07, 6.45) is -3.13. The molecule has 1 fully saturated rings. The van der Waals surface area contributed by atoms with E-state index in [0.29, 0.717) is 38.2 Å². The number of nitrogens with zero attached hydrogens (tertiary/aromatic N) is 1. The first-order chi connectivity index (χ1) is 9.95. The molecule has 1 unspecified atom stereocenters. The maximum absolute atomic E-state index is 13.3. The van der Waals surface area contributed by atoms with Gasteiger partial charge in [0, 0.05) is 18.8 Å². The summed E-state index contributed by atoms with van der Waals surface area (Å²) in [6.45, 7) is 3.75. The molecule has 1 saturated heterocycles. The SMILES string of the molecule is CCC1CN(c2ccc(CCN)cc2C(F)(F)F)CCO1. The van der Waals surface area contributed by atoms with Crippen molar-refractivity contribution in [1.82, 2.24) is 0 Å². The Morgan fingerprint density at radius 2 is 2.14 bits per heavy atom. The van der Waals surface area contributed by atoms with Gasteiger partial charge in [-0.05, 0) is 37.1 Å². The third kappa shape index (κ3) is 3.89. The van der Waals surface area contributed by atoms with E-state index in [2.05, 4.69) is 0 Å². The monoisotopic (exact) mass is 302 g/mol. The fourth-order valence-electron chi connectivity index (χ4n) is 2.59. The molecule has 0 spiro atoms. The Bertz CT molecular complexity index is 476. The zero-order chi connectivity index (χ0) is 15.5. The van der Waals surface area contributed by atoms with Gasteiger partial charge in [-0.25, -0.2) is 0 Å². The molecule has 1 atom stereocenters. The van der Waals surface area contributed by atoms with E-state index in [-0.39, 0.29) is 11.8 Å². The van der Waals surface area contributed by atoms with Crippen molar-refractivity contribution in [3.8, 4) is 0 Å². The topological polar surface area (TPSA) is 38.5 Å². The van der Waals surface area contributed by atoms with E-state index in [9.17, 15) is 13.2 Å². The van der Waals surface area contributed by atoms with Crippen molar-refractivity contribution in [2.75, 3.05) is 31.1 Å². The average molecular weight is 302 g/mol. The number of rotatable bonds is 4. The minimum Gasteiger partial charge on any atom is -0.375 e. The van der Waals surface area contributed by atoms with Crippen LogP contribution in [0.2, 0.25) is 0 Å². The second kappa shape index (κ2) is 6.66. The lowest BCUT2D eigenvalue weighted by atomic mass is 10.0. The highest BCUT2D eigenvalue weighted by Gasteiger charge is 2.36. The molecule has 2 rings (SSSR count). The number of benzene rings is 1. The summed E-state index contributed by atoms with van der Waals surface area (Å²) >= 11 is 0. The van der Waals surface area contributed by atoms with Crippen LogP contribution in [-0.4, -0.2) is 32.3 Å². The Balaban J connectivity index is 2.33. The largest absolute Gasteiger partial charge is 0.418 e. The summed E-state index contributed by atoms with van der Waals surface area (Å²) in [4.78, 5) is 1.77. The van der Waals surface area contributed by atoms with Gasteiger partial charge in [0.15, 0.2) is 0 Å². The molecular weight excluding hydrogens is 281 g/mol. The predicted octanol–water partition coefficient (Wildman–Crippen LogP) is 2.82. The number of anilines is 1. The van der Waals surface area contributed by atoms with Gasteiger partial charge in [0.2, 0.25) is 0 Å². The van der Waals surface area contributed by atoms with Gasteiger partial charge in [0.05, 0.1) is 18.3 Å². The van der Waals surface area contributed by atoms with E-state index in [4.69, 9.17) is 10.5 Å². The molecule has 0 radical (unpaired) electrons. The maximum atomic E-state index is 13.3. The summed E-state index contributed by atoms with van der Waals surface area (Å²) in [5, 5.41) is 0. The van der Waals surface area contributed by atoms with Gasteiger partial charge in [-0.3, -0.25) is 0 Å². The fourth-order valence-corrected chi connectivity index (χ4v) is 2.59. The third-order valence-corrected chi connectivity index (χ3v) is 3.73. The smallest absolute Gasteiger partial charge is 0.375 e. The van der Waals surface area contributed by atoms with Crippen LogP contribution in [0.4, 0.5) is 18.9 Å². The normalized spacial score (nSPS) is 19.9. The number of morpholine rings is 1. The van der Waals surface area contributed by atoms with Gasteiger partial charge in [0.25, 0.3) is 0 Å². The van der Waals surface area contributed by atoms with Crippen molar-refractivity contribution in [2.24, 2.45) is 5.73 Å². The lowest BCUT2D eigenvalue weighted by Gasteiger charge is -2.35. The molecule has 118 valence electrons. The Morgan fingerprint density at radius 3 is 2.76 bits per heavy atom. The second-order valence-electron chi connectivity index (χ2n) is 5.23. The standard InChI is InChI=1S/C15H21F3N2O/c1-2-12-10-20(7-8-21-12)14-4-3-11(5-6-19)9-13(14)15(16,17)18/h3-4,9,12H,2,5-8,10,19H2,1H3. The Morgan fingerprint density at radius 1 is 1.38 bits per heavy atom. The first-order valence-corrected chi connectivity index (χ1v) is 7.22. The van der Waals surface area contributed by atoms with Crippen LogP contribution in [0.5, 0.6) is 0 Å². The lowest BCUT2D eigenvalue weighted by Crippen LogP contribution is -2.43. The van der Waals surface area contributed by atoms with E-state index in [1.165, 1.54) is 6.07 Å². The first-order valence-electron chi connectivity index (χ1n) is 7.22. The molecule has 1 aromatic carbocycles. The van der Waals surface area contributed by atoms with Gasteiger partial charge in [0.1, 0.15) is 0 Å². The van der Waals surface area contributed by atoms with Crippen LogP contribution >= 0.6 is 0 Å². The molecule has 0 aliphatic carbocycles. The third-order valence-electron chi connectivity index (χ3n) is 3.73. The highest BCUT2D eigenvalue weighted by molar-refractivity contribution is 5.57. The number of ether oxygens (including phenoxy) is 1. The molecule has 1 heterocycles. The molecule has 21 heavy (non-hydrogen) atoms. The van der Waals surface area contributed by atoms with Crippen molar-refractivity contribution >= 4 is 5.69 Å². The van der Waals surface area contributed by atoms with Crippen molar-refractivity contribution in [1.29, 1.82) is 0 Å². The van der Waals surface area contributed by atoms with Gasteiger partial charge >= 0.3 is 6.18 Å². The summed E-state index contributed by atoms with van der Waals surface area (Å²) < 4.78 is 45.5. The number of hydrogen-bond donors (Lipinski definition) is 1. The summed E-state index contributed by atoms with van der Waals surface area (Å²) in [6, 6.07) is 4.51. The van der Waals surface area contributed by atoms with Crippen molar-refractivity contribution < 1.29 is 17.9 Å². The van der Waals surface area contributed by atoms with Gasteiger partial charge in [-0.1, -0.05) is 13.0 Å². The van der Waals surface area contributed by atoms with Crippen LogP contribution in [0.1, 0.15) is 24.5 Å². The average Bonchev–Trinajstić information content (AvgIpc) is 2.47. The summed E-state index contributed by atoms with van der Waals surface area (Å²) in [5.74, 6) is 0. The fraction of sp³-hybridized carbons (Fsp3) is 0.600. The first kappa shape index (κ1) is 16.1. The Hall–Kier alpha value is -1.27. The van der Waals surface area contributed by atoms with Crippen molar-refractivity contribution in [3.05, 3.63) is 29.3 Å². The number of hydrogen-bond acceptors (Lipinski definition) is 3. The Kier molecular flexibility index (Phi) is 5.11. The number of nitrogens with two attached hydrogens (primary N) is 1. The van der Waals surface area contributed by atoms with E-state index in [1.54, 1.807) is 17.0 Å². The molecule has 0 amide bonds. The summed E-state index contributed by atoms with van der Waals surface area (Å²) in [7, 11) is 0. The number of halogens is 3. The maximum Gasteiger partial charge on any atom is 0.418 e. The van der Waals surface area contributed by atoms with Crippen LogP contribution in [0.25, 0.3) is 0 Å². The van der Waals surface area contributed by atoms with Gasteiger partial charge in [-0.2, -0.15) is 13.2 Å². The number of alkyl halides is 3. The van der Waals surface area contributed by atoms with Crippen LogP contribution < -0.4 is 10.6 Å². The van der Waals surface area contributed by atoms with E-state index in [1.807, 2.05) is 6.92 Å². The van der Waals surface area contributed by atoms with Crippen LogP contribution in [0, 0.1) is 0 Å². The highest BCUT2D eigenvalue weighted by Crippen LogP contribution is 2.38. The van der Waals surface area contributed by atoms with E-state index < -0.39 is 11.7 Å². The minimum atomic E-state index is -4.36. The van der Waals surface area contributed by atoms with Gasteiger partial charge in [-0.15, -0.1) is 0 Å². The van der Waals surface area contributed by atoms with Crippen LogP contribution in [0.15, 0.2) is 18.2 Å². The molecular formula is C15H21F3N2O. The second-order valence-corrected chi connectivity index (χ2v) is 5.23. The highest BCUT2D eigenvalue weighted by atomic mass is 19.4. The molecule has 0 bridgehead atoms. The zero-order valence-electron chi connectivity index (χ0n) is 12.1.